The van der Waals surface area contributed by atoms with Gasteiger partial charge in [0.05, 0.1) is 28.3 Å². The van der Waals surface area contributed by atoms with Crippen molar-refractivity contribution in [2.75, 3.05) is 25.5 Å². The van der Waals surface area contributed by atoms with Crippen molar-refractivity contribution in [3.05, 3.63) is 58.1 Å². The third-order valence-electron chi connectivity index (χ3n) is 5.04. The number of hydrogen-bond donors (Lipinski definition) is 1. The third kappa shape index (κ3) is 4.66. The van der Waals surface area contributed by atoms with E-state index in [1.165, 1.54) is 41.7 Å². The van der Waals surface area contributed by atoms with E-state index in [1.54, 1.807) is 13.0 Å². The number of hydrogen-bond acceptors (Lipinski definition) is 5. The largest absolute Gasteiger partial charge is 0.465 e. The number of esters is 1. The molecule has 1 heterocycles. The van der Waals surface area contributed by atoms with Crippen molar-refractivity contribution in [2.24, 2.45) is 0 Å². The number of piperidine rings is 1. The van der Waals surface area contributed by atoms with Gasteiger partial charge in [0.2, 0.25) is 10.0 Å². The van der Waals surface area contributed by atoms with Crippen LogP contribution in [0.4, 0.5) is 5.69 Å². The van der Waals surface area contributed by atoms with E-state index in [2.05, 4.69) is 10.1 Å². The van der Waals surface area contributed by atoms with Crippen LogP contribution in [0.1, 0.15) is 45.5 Å². The second-order valence-corrected chi connectivity index (χ2v) is 9.43. The minimum atomic E-state index is -3.67. The number of nitrogens with one attached hydrogen (secondary N) is 1. The number of anilines is 1. The fourth-order valence-electron chi connectivity index (χ4n) is 3.32. The Labute approximate surface area is 181 Å². The average molecular weight is 451 g/mol. The molecule has 1 N–H and O–H groups in total. The quantitative estimate of drug-likeness (QED) is 0.698. The van der Waals surface area contributed by atoms with Crippen LogP contribution in [0.2, 0.25) is 5.02 Å². The maximum absolute atomic E-state index is 13.0. The topological polar surface area (TPSA) is 92.8 Å². The van der Waals surface area contributed by atoms with E-state index in [9.17, 15) is 18.0 Å². The first-order valence-electron chi connectivity index (χ1n) is 9.54. The van der Waals surface area contributed by atoms with Crippen molar-refractivity contribution < 1.29 is 22.7 Å². The summed E-state index contributed by atoms with van der Waals surface area (Å²) in [7, 11) is -2.41. The molecule has 3 rings (SSSR count). The molecule has 7 nitrogen and oxygen atoms in total. The zero-order valence-corrected chi connectivity index (χ0v) is 18.3. The lowest BCUT2D eigenvalue weighted by Crippen LogP contribution is -2.35. The molecule has 2 aromatic rings. The van der Waals surface area contributed by atoms with Gasteiger partial charge >= 0.3 is 5.97 Å². The SMILES string of the molecule is COC(=O)c1ccc(Cl)c(NC(=O)c2cc(S(=O)(=O)N3CCCCC3)ccc2C)c1. The number of sulfonamides is 1. The number of aryl methyl sites for hydroxylation is 1. The van der Waals surface area contributed by atoms with Crippen LogP contribution in [-0.2, 0) is 14.8 Å². The molecule has 0 spiro atoms. The summed E-state index contributed by atoms with van der Waals surface area (Å²) in [6, 6.07) is 8.88. The Bertz CT molecular complexity index is 1080. The second-order valence-electron chi connectivity index (χ2n) is 7.08. The molecule has 2 aromatic carbocycles. The van der Waals surface area contributed by atoms with Gasteiger partial charge in [0.1, 0.15) is 0 Å². The standard InChI is InChI=1S/C21H23ClN2O5S/c1-14-6-8-16(30(27,28)24-10-4-3-5-11-24)13-17(14)20(25)23-19-12-15(21(26)29-2)7-9-18(19)22/h6-9,12-13H,3-5,10-11H2,1-2H3,(H,23,25). The number of carbonyl (C=O) groups is 2. The summed E-state index contributed by atoms with van der Waals surface area (Å²) in [5.41, 5.74) is 1.29. The Morgan fingerprint density at radius 1 is 1.07 bits per heavy atom. The number of benzene rings is 2. The maximum atomic E-state index is 13.0. The fourth-order valence-corrected chi connectivity index (χ4v) is 5.02. The number of halogens is 1. The summed E-state index contributed by atoms with van der Waals surface area (Å²) in [6.45, 7) is 2.68. The van der Waals surface area contributed by atoms with Gasteiger partial charge in [-0.25, -0.2) is 13.2 Å². The molecule has 160 valence electrons. The molecule has 0 unspecified atom stereocenters. The van der Waals surface area contributed by atoms with Gasteiger partial charge in [0.15, 0.2) is 0 Å². The molecule has 0 radical (unpaired) electrons. The molecule has 1 fully saturated rings. The second kappa shape index (κ2) is 9.16. The van der Waals surface area contributed by atoms with Gasteiger partial charge in [0, 0.05) is 18.7 Å². The van der Waals surface area contributed by atoms with Gasteiger partial charge in [-0.15, -0.1) is 0 Å². The Hall–Kier alpha value is -2.42. The van der Waals surface area contributed by atoms with Crippen LogP contribution in [0.3, 0.4) is 0 Å². The van der Waals surface area contributed by atoms with Crippen molar-refractivity contribution >= 4 is 39.2 Å². The first kappa shape index (κ1) is 22.3. The predicted octanol–water partition coefficient (Wildman–Crippen LogP) is 3.86. The molecule has 30 heavy (non-hydrogen) atoms. The Kier molecular flexibility index (Phi) is 6.80. The Morgan fingerprint density at radius 2 is 1.77 bits per heavy atom. The molecule has 1 aliphatic heterocycles. The van der Waals surface area contributed by atoms with Gasteiger partial charge in [-0.1, -0.05) is 24.1 Å². The van der Waals surface area contributed by atoms with Crippen LogP contribution in [-0.4, -0.2) is 44.8 Å². The van der Waals surface area contributed by atoms with Crippen molar-refractivity contribution in [1.29, 1.82) is 0 Å². The van der Waals surface area contributed by atoms with E-state index < -0.39 is 21.9 Å². The highest BCUT2D eigenvalue weighted by atomic mass is 35.5. The molecule has 1 saturated heterocycles. The Balaban J connectivity index is 1.90. The third-order valence-corrected chi connectivity index (χ3v) is 7.27. The summed E-state index contributed by atoms with van der Waals surface area (Å²) < 4.78 is 32.1. The molecule has 0 aliphatic carbocycles. The summed E-state index contributed by atoms with van der Waals surface area (Å²) in [5, 5.41) is 2.90. The summed E-state index contributed by atoms with van der Waals surface area (Å²) in [6.07, 6.45) is 2.67. The molecule has 1 aliphatic rings. The smallest absolute Gasteiger partial charge is 0.337 e. The van der Waals surface area contributed by atoms with Gasteiger partial charge in [0.25, 0.3) is 5.91 Å². The number of nitrogens with zero attached hydrogens (tertiary/aromatic N) is 1. The monoisotopic (exact) mass is 450 g/mol. The minimum Gasteiger partial charge on any atom is -0.465 e. The average Bonchev–Trinajstić information content (AvgIpc) is 2.75. The lowest BCUT2D eigenvalue weighted by molar-refractivity contribution is 0.0600. The lowest BCUT2D eigenvalue weighted by Gasteiger charge is -2.26. The van der Waals surface area contributed by atoms with Crippen LogP contribution in [0.5, 0.6) is 0 Å². The number of methoxy groups -OCH3 is 1. The van der Waals surface area contributed by atoms with Gasteiger partial charge in [-0.05, 0) is 55.7 Å². The van der Waals surface area contributed by atoms with Crippen molar-refractivity contribution in [1.82, 2.24) is 4.31 Å². The van der Waals surface area contributed by atoms with Crippen LogP contribution < -0.4 is 5.32 Å². The van der Waals surface area contributed by atoms with Crippen LogP contribution >= 0.6 is 11.6 Å². The molecular formula is C21H23ClN2O5S. The summed E-state index contributed by atoms with van der Waals surface area (Å²) in [4.78, 5) is 24.7. The van der Waals surface area contributed by atoms with E-state index in [4.69, 9.17) is 11.6 Å². The van der Waals surface area contributed by atoms with Crippen LogP contribution in [0, 0.1) is 6.92 Å². The van der Waals surface area contributed by atoms with E-state index >= 15 is 0 Å². The molecule has 9 heteroatoms. The number of amides is 1. The van der Waals surface area contributed by atoms with Crippen molar-refractivity contribution in [2.45, 2.75) is 31.1 Å². The van der Waals surface area contributed by atoms with Crippen LogP contribution in [0.15, 0.2) is 41.3 Å². The molecule has 0 atom stereocenters. The molecular weight excluding hydrogens is 428 g/mol. The van der Waals surface area contributed by atoms with Gasteiger partial charge in [-0.2, -0.15) is 4.31 Å². The zero-order valence-electron chi connectivity index (χ0n) is 16.8. The van der Waals surface area contributed by atoms with Crippen molar-refractivity contribution in [3.8, 4) is 0 Å². The van der Waals surface area contributed by atoms with E-state index in [0.29, 0.717) is 18.7 Å². The number of rotatable bonds is 5. The molecule has 0 aromatic heterocycles. The normalized spacial score (nSPS) is 14.9. The number of carbonyl (C=O) groups excluding carboxylic acids is 2. The lowest BCUT2D eigenvalue weighted by atomic mass is 10.1. The summed E-state index contributed by atoms with van der Waals surface area (Å²) >= 11 is 6.15. The van der Waals surface area contributed by atoms with E-state index in [-0.39, 0.29) is 26.7 Å². The van der Waals surface area contributed by atoms with E-state index in [1.807, 2.05) is 0 Å². The number of ether oxygens (including phenoxy) is 1. The molecule has 0 bridgehead atoms. The van der Waals surface area contributed by atoms with E-state index in [0.717, 1.165) is 19.3 Å². The molecule has 0 saturated carbocycles. The Morgan fingerprint density at radius 3 is 2.43 bits per heavy atom. The first-order valence-corrected chi connectivity index (χ1v) is 11.4. The highest BCUT2D eigenvalue weighted by Crippen LogP contribution is 2.26. The summed E-state index contributed by atoms with van der Waals surface area (Å²) in [5.74, 6) is -1.08. The fraction of sp³-hybridized carbons (Fsp3) is 0.333. The first-order chi connectivity index (χ1) is 14.2. The van der Waals surface area contributed by atoms with Gasteiger partial charge in [-0.3, -0.25) is 4.79 Å². The van der Waals surface area contributed by atoms with Crippen LogP contribution in [0.25, 0.3) is 0 Å². The van der Waals surface area contributed by atoms with Crippen molar-refractivity contribution in [3.63, 3.8) is 0 Å². The predicted molar refractivity (Wildman–Crippen MR) is 115 cm³/mol. The highest BCUT2D eigenvalue weighted by Gasteiger charge is 2.27. The minimum absolute atomic E-state index is 0.0783. The molecule has 1 amide bonds. The van der Waals surface area contributed by atoms with Gasteiger partial charge < -0.3 is 10.1 Å². The highest BCUT2D eigenvalue weighted by molar-refractivity contribution is 7.89. The maximum Gasteiger partial charge on any atom is 0.337 e. The zero-order chi connectivity index (χ0) is 21.9.